The number of nitrogens with zero attached hydrogens (tertiary/aromatic N) is 2. The molecule has 1 heterocycles. The van der Waals surface area contributed by atoms with E-state index in [0.717, 1.165) is 35.2 Å². The largest absolute Gasteiger partial charge is 0.383 e. The van der Waals surface area contributed by atoms with Crippen LogP contribution in [0.1, 0.15) is 37.1 Å². The van der Waals surface area contributed by atoms with Crippen molar-refractivity contribution in [2.24, 2.45) is 5.92 Å². The van der Waals surface area contributed by atoms with Crippen LogP contribution in [0.4, 0.5) is 5.82 Å². The van der Waals surface area contributed by atoms with Crippen molar-refractivity contribution in [3.63, 3.8) is 0 Å². The number of benzene rings is 1. The van der Waals surface area contributed by atoms with Gasteiger partial charge >= 0.3 is 0 Å². The lowest BCUT2D eigenvalue weighted by Crippen LogP contribution is -2.09. The minimum Gasteiger partial charge on any atom is -0.383 e. The number of halogens is 1. The zero-order chi connectivity index (χ0) is 16.3. The van der Waals surface area contributed by atoms with Crippen LogP contribution in [0.15, 0.2) is 24.3 Å². The van der Waals surface area contributed by atoms with Crippen molar-refractivity contribution in [1.82, 2.24) is 4.98 Å². The predicted molar refractivity (Wildman–Crippen MR) is 91.7 cm³/mol. The maximum Gasteiger partial charge on any atom is 0.142 e. The second-order valence-electron chi connectivity index (χ2n) is 5.63. The Kier molecular flexibility index (Phi) is 5.05. The molecule has 2 rings (SSSR count). The molecular weight excluding hydrogens is 294 g/mol. The third-order valence-corrected chi connectivity index (χ3v) is 4.39. The van der Waals surface area contributed by atoms with Crippen LogP contribution in [0, 0.1) is 24.2 Å². The van der Waals surface area contributed by atoms with Gasteiger partial charge in [-0.2, -0.15) is 5.26 Å². The number of hydrogen-bond donors (Lipinski definition) is 1. The van der Waals surface area contributed by atoms with Gasteiger partial charge in [-0.3, -0.25) is 0 Å². The molecule has 1 unspecified atom stereocenters. The van der Waals surface area contributed by atoms with Crippen LogP contribution in [-0.2, 0) is 6.42 Å². The molecule has 3 nitrogen and oxygen atoms in total. The molecule has 4 heteroatoms. The Hall–Kier alpha value is -2.05. The SMILES string of the molecule is CCC(C)Cc1nc(N)c(C#N)c(-c2ccccc2Cl)c1C. The average molecular weight is 314 g/mol. The smallest absolute Gasteiger partial charge is 0.142 e. The Bertz CT molecular complexity index is 732. The third kappa shape index (κ3) is 3.08. The van der Waals surface area contributed by atoms with Gasteiger partial charge in [-0.15, -0.1) is 0 Å². The van der Waals surface area contributed by atoms with Gasteiger partial charge in [0.25, 0.3) is 0 Å². The molecular formula is C18H20ClN3. The molecule has 0 saturated heterocycles. The molecule has 2 aromatic rings. The van der Waals surface area contributed by atoms with Crippen molar-refractivity contribution in [3.05, 3.63) is 46.1 Å². The van der Waals surface area contributed by atoms with Gasteiger partial charge in [0.05, 0.1) is 0 Å². The molecule has 1 aromatic heterocycles. The fourth-order valence-electron chi connectivity index (χ4n) is 2.53. The topological polar surface area (TPSA) is 62.7 Å². The summed E-state index contributed by atoms with van der Waals surface area (Å²) in [5.41, 5.74) is 10.00. The van der Waals surface area contributed by atoms with Crippen molar-refractivity contribution in [3.8, 4) is 17.2 Å². The minimum absolute atomic E-state index is 0.279. The summed E-state index contributed by atoms with van der Waals surface area (Å²) in [6.45, 7) is 6.33. The Morgan fingerprint density at radius 1 is 1.36 bits per heavy atom. The van der Waals surface area contributed by atoms with E-state index in [2.05, 4.69) is 24.9 Å². The molecule has 1 aromatic carbocycles. The minimum atomic E-state index is 0.279. The Balaban J connectivity index is 2.71. The first-order valence-corrected chi connectivity index (χ1v) is 7.81. The van der Waals surface area contributed by atoms with Gasteiger partial charge in [0.2, 0.25) is 0 Å². The zero-order valence-corrected chi connectivity index (χ0v) is 13.9. The summed E-state index contributed by atoms with van der Waals surface area (Å²) < 4.78 is 0. The van der Waals surface area contributed by atoms with Crippen LogP contribution < -0.4 is 5.73 Å². The van der Waals surface area contributed by atoms with E-state index in [1.165, 1.54) is 0 Å². The predicted octanol–water partition coefficient (Wildman–Crippen LogP) is 4.75. The van der Waals surface area contributed by atoms with E-state index in [4.69, 9.17) is 17.3 Å². The fourth-order valence-corrected chi connectivity index (χ4v) is 2.76. The van der Waals surface area contributed by atoms with E-state index in [1.807, 2.05) is 31.2 Å². The van der Waals surface area contributed by atoms with Crippen LogP contribution in [0.3, 0.4) is 0 Å². The van der Waals surface area contributed by atoms with Gasteiger partial charge in [0, 0.05) is 21.8 Å². The number of nitrogens with two attached hydrogens (primary N) is 1. The second kappa shape index (κ2) is 6.81. The van der Waals surface area contributed by atoms with E-state index < -0.39 is 0 Å². The van der Waals surface area contributed by atoms with Gasteiger partial charge < -0.3 is 5.73 Å². The zero-order valence-electron chi connectivity index (χ0n) is 13.2. The van der Waals surface area contributed by atoms with Crippen LogP contribution in [0.5, 0.6) is 0 Å². The molecule has 0 amide bonds. The lowest BCUT2D eigenvalue weighted by Gasteiger charge is -2.17. The molecule has 1 atom stereocenters. The van der Waals surface area contributed by atoms with Crippen molar-refractivity contribution >= 4 is 17.4 Å². The molecule has 0 spiro atoms. The van der Waals surface area contributed by atoms with E-state index in [0.29, 0.717) is 16.5 Å². The second-order valence-corrected chi connectivity index (χ2v) is 6.04. The summed E-state index contributed by atoms with van der Waals surface area (Å²) in [6, 6.07) is 9.70. The van der Waals surface area contributed by atoms with Gasteiger partial charge in [-0.1, -0.05) is 50.1 Å². The summed E-state index contributed by atoms with van der Waals surface area (Å²) in [5.74, 6) is 0.791. The van der Waals surface area contributed by atoms with Crippen LogP contribution >= 0.6 is 11.6 Å². The molecule has 114 valence electrons. The van der Waals surface area contributed by atoms with Crippen molar-refractivity contribution in [1.29, 1.82) is 5.26 Å². The summed E-state index contributed by atoms with van der Waals surface area (Å²) in [5, 5.41) is 10.1. The van der Waals surface area contributed by atoms with Crippen LogP contribution in [0.25, 0.3) is 11.1 Å². The molecule has 0 bridgehead atoms. The highest BCUT2D eigenvalue weighted by Gasteiger charge is 2.19. The van der Waals surface area contributed by atoms with Crippen molar-refractivity contribution < 1.29 is 0 Å². The summed E-state index contributed by atoms with van der Waals surface area (Å²) >= 11 is 6.33. The highest BCUT2D eigenvalue weighted by molar-refractivity contribution is 6.33. The monoisotopic (exact) mass is 313 g/mol. The van der Waals surface area contributed by atoms with Gasteiger partial charge in [-0.05, 0) is 30.9 Å². The number of anilines is 1. The Morgan fingerprint density at radius 2 is 2.05 bits per heavy atom. The standard InChI is InChI=1S/C18H20ClN3/c1-4-11(2)9-16-12(3)17(14(10-20)18(21)22-16)13-7-5-6-8-15(13)19/h5-8,11H,4,9H2,1-3H3,(H2,21,22). The Labute approximate surface area is 136 Å². The lowest BCUT2D eigenvalue weighted by atomic mass is 9.91. The molecule has 0 saturated carbocycles. The molecule has 0 aliphatic heterocycles. The first-order chi connectivity index (χ1) is 10.5. The fraction of sp³-hybridized carbons (Fsp3) is 0.333. The highest BCUT2D eigenvalue weighted by Crippen LogP contribution is 2.36. The van der Waals surface area contributed by atoms with E-state index in [-0.39, 0.29) is 5.82 Å². The van der Waals surface area contributed by atoms with Gasteiger partial charge in [0.15, 0.2) is 0 Å². The first kappa shape index (κ1) is 16.3. The van der Waals surface area contributed by atoms with E-state index in [1.54, 1.807) is 0 Å². The maximum atomic E-state index is 9.48. The van der Waals surface area contributed by atoms with E-state index >= 15 is 0 Å². The van der Waals surface area contributed by atoms with Gasteiger partial charge in [0.1, 0.15) is 17.5 Å². The molecule has 22 heavy (non-hydrogen) atoms. The number of pyridine rings is 1. The van der Waals surface area contributed by atoms with E-state index in [9.17, 15) is 5.26 Å². The maximum absolute atomic E-state index is 9.48. The number of rotatable bonds is 4. The first-order valence-electron chi connectivity index (χ1n) is 7.43. The van der Waals surface area contributed by atoms with Gasteiger partial charge in [-0.25, -0.2) is 4.98 Å². The number of hydrogen-bond acceptors (Lipinski definition) is 3. The van der Waals surface area contributed by atoms with Crippen molar-refractivity contribution in [2.75, 3.05) is 5.73 Å². The van der Waals surface area contributed by atoms with Crippen molar-refractivity contribution in [2.45, 2.75) is 33.6 Å². The molecule has 0 fully saturated rings. The van der Waals surface area contributed by atoms with Crippen LogP contribution in [-0.4, -0.2) is 4.98 Å². The number of nitrogen functional groups attached to an aromatic ring is 1. The lowest BCUT2D eigenvalue weighted by molar-refractivity contribution is 0.551. The molecule has 0 aliphatic rings. The summed E-state index contributed by atoms with van der Waals surface area (Å²) in [6.07, 6.45) is 1.91. The van der Waals surface area contributed by atoms with Crippen LogP contribution in [0.2, 0.25) is 5.02 Å². The summed E-state index contributed by atoms with van der Waals surface area (Å²) in [4.78, 5) is 4.46. The Morgan fingerprint density at radius 3 is 2.64 bits per heavy atom. The summed E-state index contributed by atoms with van der Waals surface area (Å²) in [7, 11) is 0. The molecule has 0 aliphatic carbocycles. The number of nitriles is 1. The third-order valence-electron chi connectivity index (χ3n) is 4.06. The molecule has 2 N–H and O–H groups in total. The molecule has 0 radical (unpaired) electrons. The normalized spacial score (nSPS) is 12.0. The quantitative estimate of drug-likeness (QED) is 0.885. The average Bonchev–Trinajstić information content (AvgIpc) is 2.51. The highest BCUT2D eigenvalue weighted by atomic mass is 35.5. The number of aromatic nitrogens is 1.